The maximum atomic E-state index is 12.4. The summed E-state index contributed by atoms with van der Waals surface area (Å²) in [5.74, 6) is -3.31. The van der Waals surface area contributed by atoms with Gasteiger partial charge in [-0.1, -0.05) is 12.1 Å². The molecule has 0 heterocycles. The second-order valence-corrected chi connectivity index (χ2v) is 9.76. The molecule has 0 unspecified atom stereocenters. The number of ketones is 2. The Balaban J connectivity index is 2.06. The Morgan fingerprint density at radius 3 is 1.97 bits per heavy atom. The number of fused-ring (bicyclic) bond motifs is 2. The monoisotopic (exact) mass is 476 g/mol. The smallest absolute Gasteiger partial charge is 0.295 e. The SMILES string of the molecule is O=C1C=C(S(=O)(=O)O)c2ccc(-c3cc(S(=O)(=O)O)cc4cc(O)c(O)cc34)cc2C1=O. The van der Waals surface area contributed by atoms with Crippen LogP contribution in [-0.4, -0.2) is 47.7 Å². The maximum absolute atomic E-state index is 12.4. The molecule has 164 valence electrons. The molecule has 0 aliphatic heterocycles. The van der Waals surface area contributed by atoms with Crippen LogP contribution in [0, 0.1) is 0 Å². The molecule has 1 aliphatic rings. The highest BCUT2D eigenvalue weighted by molar-refractivity contribution is 7.95. The second-order valence-electron chi connectivity index (χ2n) is 6.95. The number of Topliss-reactive ketones (excluding diaryl/α,β-unsaturated/α-hetero) is 1. The summed E-state index contributed by atoms with van der Waals surface area (Å²) in [6.07, 6.45) is 0.509. The molecule has 0 atom stereocenters. The molecule has 32 heavy (non-hydrogen) atoms. The van der Waals surface area contributed by atoms with Gasteiger partial charge in [-0.3, -0.25) is 18.7 Å². The topological polar surface area (TPSA) is 183 Å². The highest BCUT2D eigenvalue weighted by atomic mass is 32.2. The van der Waals surface area contributed by atoms with Gasteiger partial charge in [0.25, 0.3) is 20.2 Å². The van der Waals surface area contributed by atoms with Crippen molar-refractivity contribution in [1.82, 2.24) is 0 Å². The van der Waals surface area contributed by atoms with Gasteiger partial charge in [0.15, 0.2) is 11.5 Å². The predicted octanol–water partition coefficient (Wildman–Crippen LogP) is 2.16. The van der Waals surface area contributed by atoms with Crippen molar-refractivity contribution >= 4 is 47.5 Å². The number of aromatic hydroxyl groups is 2. The Hall–Kier alpha value is -3.58. The summed E-state index contributed by atoms with van der Waals surface area (Å²) >= 11 is 0. The van der Waals surface area contributed by atoms with Crippen LogP contribution >= 0.6 is 0 Å². The molecule has 0 spiro atoms. The standard InChI is InChI=1S/C20H12O10S2/c21-16-5-10-3-11(31(25,26)27)6-13(14(10)7-17(16)22)9-1-2-12-15(4-9)20(24)18(23)8-19(12)32(28,29)30/h1-8,21-22H,(H,25,26,27)(H,28,29,30). The van der Waals surface area contributed by atoms with Gasteiger partial charge in [-0.25, -0.2) is 0 Å². The van der Waals surface area contributed by atoms with E-state index >= 15 is 0 Å². The fourth-order valence-electron chi connectivity index (χ4n) is 3.47. The van der Waals surface area contributed by atoms with Gasteiger partial charge in [0.1, 0.15) is 4.91 Å². The van der Waals surface area contributed by atoms with Gasteiger partial charge in [0, 0.05) is 17.2 Å². The van der Waals surface area contributed by atoms with Crippen molar-refractivity contribution in [2.75, 3.05) is 0 Å². The minimum Gasteiger partial charge on any atom is -0.504 e. The third kappa shape index (κ3) is 3.54. The highest BCUT2D eigenvalue weighted by Crippen LogP contribution is 2.39. The van der Waals surface area contributed by atoms with Crippen LogP contribution in [0.1, 0.15) is 15.9 Å². The molecule has 0 saturated heterocycles. The van der Waals surface area contributed by atoms with E-state index in [0.717, 1.165) is 36.4 Å². The lowest BCUT2D eigenvalue weighted by molar-refractivity contribution is -0.111. The first-order chi connectivity index (χ1) is 14.8. The highest BCUT2D eigenvalue weighted by Gasteiger charge is 2.32. The van der Waals surface area contributed by atoms with E-state index in [1.165, 1.54) is 6.07 Å². The van der Waals surface area contributed by atoms with E-state index < -0.39 is 53.1 Å². The lowest BCUT2D eigenvalue weighted by atomic mass is 9.90. The first-order valence-corrected chi connectivity index (χ1v) is 11.6. The summed E-state index contributed by atoms with van der Waals surface area (Å²) < 4.78 is 65.6. The predicted molar refractivity (Wildman–Crippen MR) is 111 cm³/mol. The Morgan fingerprint density at radius 2 is 1.34 bits per heavy atom. The Kier molecular flexibility index (Phi) is 4.71. The molecular formula is C20H12O10S2. The van der Waals surface area contributed by atoms with E-state index in [9.17, 15) is 45.7 Å². The van der Waals surface area contributed by atoms with Crippen molar-refractivity contribution in [3.63, 3.8) is 0 Å². The van der Waals surface area contributed by atoms with Gasteiger partial charge in [0.05, 0.1) is 4.90 Å². The maximum Gasteiger partial charge on any atom is 0.295 e. The second kappa shape index (κ2) is 6.97. The molecule has 3 aromatic rings. The largest absolute Gasteiger partial charge is 0.504 e. The zero-order valence-electron chi connectivity index (χ0n) is 15.7. The fourth-order valence-corrected chi connectivity index (χ4v) is 4.73. The van der Waals surface area contributed by atoms with Gasteiger partial charge in [0.2, 0.25) is 11.6 Å². The molecule has 0 fully saturated rings. The van der Waals surface area contributed by atoms with E-state index in [0.29, 0.717) is 6.08 Å². The number of benzene rings is 3. The molecule has 10 nitrogen and oxygen atoms in total. The summed E-state index contributed by atoms with van der Waals surface area (Å²) in [5.41, 5.74) is -0.369. The fraction of sp³-hybridized carbons (Fsp3) is 0. The molecular weight excluding hydrogens is 464 g/mol. The van der Waals surface area contributed by atoms with E-state index in [-0.39, 0.29) is 33.0 Å². The first-order valence-electron chi connectivity index (χ1n) is 8.67. The molecule has 1 aliphatic carbocycles. The molecule has 3 aromatic carbocycles. The van der Waals surface area contributed by atoms with E-state index in [2.05, 4.69) is 0 Å². The summed E-state index contributed by atoms with van der Waals surface area (Å²) in [6.45, 7) is 0. The van der Waals surface area contributed by atoms with E-state index in [4.69, 9.17) is 0 Å². The summed E-state index contributed by atoms with van der Waals surface area (Å²) in [7, 11) is -9.53. The quantitative estimate of drug-likeness (QED) is 0.248. The number of carbonyl (C=O) groups excluding carboxylic acids is 2. The molecule has 12 heteroatoms. The van der Waals surface area contributed by atoms with Crippen LogP contribution < -0.4 is 0 Å². The zero-order valence-corrected chi connectivity index (χ0v) is 17.3. The molecule has 0 aromatic heterocycles. The molecule has 0 bridgehead atoms. The first kappa shape index (κ1) is 21.6. The number of phenolic OH excluding ortho intramolecular Hbond substituents is 2. The molecule has 4 N–H and O–H groups in total. The van der Waals surface area contributed by atoms with E-state index in [1.54, 1.807) is 0 Å². The molecule has 0 radical (unpaired) electrons. The van der Waals surface area contributed by atoms with Crippen LogP contribution in [-0.2, 0) is 25.0 Å². The molecule has 4 rings (SSSR count). The van der Waals surface area contributed by atoms with Gasteiger partial charge < -0.3 is 10.2 Å². The number of phenols is 2. The minimum atomic E-state index is -4.83. The Morgan fingerprint density at radius 1 is 0.688 bits per heavy atom. The lowest BCUT2D eigenvalue weighted by Gasteiger charge is -2.17. The summed E-state index contributed by atoms with van der Waals surface area (Å²) in [4.78, 5) is 23.0. The van der Waals surface area contributed by atoms with Crippen molar-refractivity contribution in [3.05, 3.63) is 59.7 Å². The Bertz CT molecular complexity index is 1610. The zero-order chi connectivity index (χ0) is 23.6. The number of carbonyl (C=O) groups is 2. The van der Waals surface area contributed by atoms with Crippen molar-refractivity contribution in [2.45, 2.75) is 4.90 Å². The van der Waals surface area contributed by atoms with Crippen molar-refractivity contribution in [2.24, 2.45) is 0 Å². The van der Waals surface area contributed by atoms with Crippen molar-refractivity contribution in [1.29, 1.82) is 0 Å². The van der Waals surface area contributed by atoms with Crippen LogP contribution in [0.2, 0.25) is 0 Å². The van der Waals surface area contributed by atoms with Crippen molar-refractivity contribution in [3.8, 4) is 22.6 Å². The van der Waals surface area contributed by atoms with Crippen molar-refractivity contribution < 1.29 is 45.7 Å². The minimum absolute atomic E-state index is 0.0800. The summed E-state index contributed by atoms with van der Waals surface area (Å²) in [5, 5.41) is 20.0. The number of rotatable bonds is 3. The average Bonchev–Trinajstić information content (AvgIpc) is 2.69. The van der Waals surface area contributed by atoms with Gasteiger partial charge in [-0.2, -0.15) is 16.8 Å². The molecule has 0 saturated carbocycles. The third-order valence-corrected chi connectivity index (χ3v) is 6.65. The summed E-state index contributed by atoms with van der Waals surface area (Å²) in [6, 6.07) is 7.87. The van der Waals surface area contributed by atoms with Crippen LogP contribution in [0.15, 0.2) is 53.4 Å². The van der Waals surface area contributed by atoms with E-state index in [1.807, 2.05) is 0 Å². The normalized spacial score (nSPS) is 14.4. The number of hydrogen-bond donors (Lipinski definition) is 4. The Labute approximate surface area is 180 Å². The lowest BCUT2D eigenvalue weighted by Crippen LogP contribution is -2.21. The van der Waals surface area contributed by atoms with Gasteiger partial charge >= 0.3 is 0 Å². The number of hydrogen-bond acceptors (Lipinski definition) is 8. The third-order valence-electron chi connectivity index (χ3n) is 4.92. The van der Waals surface area contributed by atoms with Crippen LogP contribution in [0.25, 0.3) is 26.8 Å². The van der Waals surface area contributed by atoms with Crippen LogP contribution in [0.5, 0.6) is 11.5 Å². The molecule has 0 amide bonds. The average molecular weight is 476 g/mol. The van der Waals surface area contributed by atoms with Gasteiger partial charge in [-0.15, -0.1) is 0 Å². The number of allylic oxidation sites excluding steroid dienone is 1. The van der Waals surface area contributed by atoms with Gasteiger partial charge in [-0.05, 0) is 52.2 Å². The van der Waals surface area contributed by atoms with Crippen LogP contribution in [0.3, 0.4) is 0 Å². The van der Waals surface area contributed by atoms with Crippen LogP contribution in [0.4, 0.5) is 0 Å².